The van der Waals surface area contributed by atoms with Gasteiger partial charge in [-0.2, -0.15) is 0 Å². The van der Waals surface area contributed by atoms with Crippen LogP contribution in [0.1, 0.15) is 22.8 Å². The van der Waals surface area contributed by atoms with Crippen molar-refractivity contribution in [2.45, 2.75) is 17.6 Å². The third kappa shape index (κ3) is 5.89. The smallest absolute Gasteiger partial charge is 0.271 e. The van der Waals surface area contributed by atoms with Gasteiger partial charge in [-0.05, 0) is 47.7 Å². The van der Waals surface area contributed by atoms with Gasteiger partial charge in [-0.3, -0.25) is 25.2 Å². The van der Waals surface area contributed by atoms with Crippen molar-refractivity contribution in [1.29, 1.82) is 0 Å². The van der Waals surface area contributed by atoms with Crippen molar-refractivity contribution in [3.05, 3.63) is 83.0 Å². The predicted octanol–water partition coefficient (Wildman–Crippen LogP) is 3.33. The number of anilines is 1. The molecule has 0 aliphatic heterocycles. The molecule has 3 aromatic rings. The van der Waals surface area contributed by atoms with Crippen molar-refractivity contribution in [2.75, 3.05) is 4.72 Å². The molecule has 3 rings (SSSR count). The fourth-order valence-corrected chi connectivity index (χ4v) is 4.87. The Balaban J connectivity index is 1.64. The molecule has 0 spiro atoms. The van der Waals surface area contributed by atoms with Gasteiger partial charge in [0.1, 0.15) is 10.0 Å². The zero-order chi connectivity index (χ0) is 22.4. The molecule has 1 heterocycles. The molecule has 0 radical (unpaired) electrons. The van der Waals surface area contributed by atoms with Gasteiger partial charge in [0.05, 0.1) is 11.3 Å². The van der Waals surface area contributed by atoms with Crippen LogP contribution in [0.2, 0.25) is 0 Å². The van der Waals surface area contributed by atoms with Crippen LogP contribution in [0.5, 0.6) is 0 Å². The summed E-state index contributed by atoms with van der Waals surface area (Å²) in [5, 5.41) is 1.63. The number of carbonyl (C=O) groups excluding carboxylic acids is 2. The lowest BCUT2D eigenvalue weighted by molar-refractivity contribution is -0.125. The van der Waals surface area contributed by atoms with Crippen LogP contribution < -0.4 is 15.6 Å². The van der Waals surface area contributed by atoms with E-state index in [0.717, 1.165) is 11.3 Å². The zero-order valence-electron chi connectivity index (χ0n) is 16.5. The molecule has 0 fully saturated rings. The number of carbonyl (C=O) groups is 2. The minimum absolute atomic E-state index is 0.0423. The minimum Gasteiger partial charge on any atom is -0.278 e. The number of thiophene rings is 1. The number of para-hydroxylation sites is 1. The fraction of sp³-hybridized carbons (Fsp3) is 0.143. The monoisotopic (exact) mass is 461 g/mol. The topological polar surface area (TPSA) is 104 Å². The number of nitrogens with one attached hydrogen (secondary N) is 3. The summed E-state index contributed by atoms with van der Waals surface area (Å²) in [6.07, 6.45) is 0.288. The number of sulfonamides is 1. The highest BCUT2D eigenvalue weighted by atomic mass is 32.2. The lowest BCUT2D eigenvalue weighted by atomic mass is 10.0. The second-order valence-electron chi connectivity index (χ2n) is 6.76. The van der Waals surface area contributed by atoms with Crippen LogP contribution in [0.15, 0.2) is 70.3 Å². The van der Waals surface area contributed by atoms with Gasteiger partial charge < -0.3 is 0 Å². The highest BCUT2D eigenvalue weighted by Gasteiger charge is 2.20. The van der Waals surface area contributed by atoms with Crippen LogP contribution in [-0.4, -0.2) is 20.2 Å². The molecule has 1 atom stereocenters. The largest absolute Gasteiger partial charge is 0.278 e. The van der Waals surface area contributed by atoms with Crippen LogP contribution in [0, 0.1) is 11.7 Å². The first-order chi connectivity index (χ1) is 14.8. The van der Waals surface area contributed by atoms with Crippen LogP contribution in [0.25, 0.3) is 0 Å². The maximum Gasteiger partial charge on any atom is 0.271 e. The van der Waals surface area contributed by atoms with E-state index in [9.17, 15) is 22.4 Å². The first kappa shape index (κ1) is 22.4. The van der Waals surface area contributed by atoms with Crippen molar-refractivity contribution >= 4 is 38.9 Å². The normalized spacial score (nSPS) is 12.1. The summed E-state index contributed by atoms with van der Waals surface area (Å²) < 4.78 is 40.7. The van der Waals surface area contributed by atoms with Gasteiger partial charge in [0.2, 0.25) is 5.91 Å². The lowest BCUT2D eigenvalue weighted by Crippen LogP contribution is -2.44. The Hall–Kier alpha value is -3.24. The SMILES string of the molecule is CC(Cc1cccc(F)c1)C(=O)NNC(=O)c1ccccc1NS(=O)(=O)c1cccs1. The molecule has 10 heteroatoms. The van der Waals surface area contributed by atoms with Crippen LogP contribution in [0.4, 0.5) is 10.1 Å². The summed E-state index contributed by atoms with van der Waals surface area (Å²) in [6.45, 7) is 1.65. The molecule has 1 aromatic heterocycles. The van der Waals surface area contributed by atoms with Gasteiger partial charge in [-0.25, -0.2) is 12.8 Å². The summed E-state index contributed by atoms with van der Waals surface area (Å²) in [4.78, 5) is 24.9. The van der Waals surface area contributed by atoms with Crippen LogP contribution in [-0.2, 0) is 21.2 Å². The quantitative estimate of drug-likeness (QED) is 0.470. The molecule has 7 nitrogen and oxygen atoms in total. The second kappa shape index (κ2) is 9.71. The molecule has 0 aliphatic rings. The molecule has 31 heavy (non-hydrogen) atoms. The van der Waals surface area contributed by atoms with Crippen molar-refractivity contribution in [2.24, 2.45) is 5.92 Å². The fourth-order valence-electron chi connectivity index (χ4n) is 2.80. The van der Waals surface area contributed by atoms with E-state index in [2.05, 4.69) is 15.6 Å². The van der Waals surface area contributed by atoms with Crippen molar-refractivity contribution in [3.8, 4) is 0 Å². The molecular formula is C21H20FN3O4S2. The predicted molar refractivity (Wildman–Crippen MR) is 116 cm³/mol. The Morgan fingerprint density at radius 1 is 1.03 bits per heavy atom. The number of halogens is 1. The molecule has 0 bridgehead atoms. The van der Waals surface area contributed by atoms with Gasteiger partial charge in [0, 0.05) is 5.92 Å². The molecular weight excluding hydrogens is 441 g/mol. The number of hydrogen-bond acceptors (Lipinski definition) is 5. The Labute approximate surface area is 183 Å². The third-order valence-electron chi connectivity index (χ3n) is 4.35. The van der Waals surface area contributed by atoms with Gasteiger partial charge in [0.25, 0.3) is 15.9 Å². The Morgan fingerprint density at radius 2 is 1.81 bits per heavy atom. The van der Waals surface area contributed by atoms with Crippen molar-refractivity contribution in [1.82, 2.24) is 10.9 Å². The highest BCUT2D eigenvalue weighted by Crippen LogP contribution is 2.22. The van der Waals surface area contributed by atoms with E-state index < -0.39 is 27.8 Å². The third-order valence-corrected chi connectivity index (χ3v) is 7.12. The van der Waals surface area contributed by atoms with Crippen LogP contribution in [0.3, 0.4) is 0 Å². The molecule has 2 aromatic carbocycles. The Bertz CT molecular complexity index is 1180. The average Bonchev–Trinajstić information content (AvgIpc) is 3.28. The molecule has 0 aliphatic carbocycles. The van der Waals surface area contributed by atoms with Gasteiger partial charge in [-0.15, -0.1) is 11.3 Å². The van der Waals surface area contributed by atoms with E-state index in [0.29, 0.717) is 5.56 Å². The van der Waals surface area contributed by atoms with Gasteiger partial charge in [-0.1, -0.05) is 37.3 Å². The minimum atomic E-state index is -3.84. The first-order valence-electron chi connectivity index (χ1n) is 9.26. The first-order valence-corrected chi connectivity index (χ1v) is 11.6. The summed E-state index contributed by atoms with van der Waals surface area (Å²) in [6, 6.07) is 15.0. The number of hydrazine groups is 1. The zero-order valence-corrected chi connectivity index (χ0v) is 18.1. The number of benzene rings is 2. The number of rotatable bonds is 7. The van der Waals surface area contributed by atoms with Gasteiger partial charge in [0.15, 0.2) is 0 Å². The maximum atomic E-state index is 13.3. The molecule has 162 valence electrons. The van der Waals surface area contributed by atoms with Crippen molar-refractivity contribution < 1.29 is 22.4 Å². The lowest BCUT2D eigenvalue weighted by Gasteiger charge is -2.15. The summed E-state index contributed by atoms with van der Waals surface area (Å²) in [7, 11) is -3.84. The van der Waals surface area contributed by atoms with E-state index in [1.807, 2.05) is 0 Å². The van der Waals surface area contributed by atoms with E-state index >= 15 is 0 Å². The second-order valence-corrected chi connectivity index (χ2v) is 9.62. The van der Waals surface area contributed by atoms with E-state index in [-0.39, 0.29) is 27.7 Å². The highest BCUT2D eigenvalue weighted by molar-refractivity contribution is 7.94. The van der Waals surface area contributed by atoms with Gasteiger partial charge >= 0.3 is 0 Å². The molecule has 3 N–H and O–H groups in total. The molecule has 1 unspecified atom stereocenters. The van der Waals surface area contributed by atoms with Crippen LogP contribution >= 0.6 is 11.3 Å². The number of amides is 2. The number of hydrogen-bond donors (Lipinski definition) is 3. The Kier molecular flexibility index (Phi) is 7.03. The Morgan fingerprint density at radius 3 is 2.52 bits per heavy atom. The average molecular weight is 462 g/mol. The summed E-state index contributed by atoms with van der Waals surface area (Å²) in [5.74, 6) is -2.07. The molecule has 0 saturated heterocycles. The standard InChI is InChI=1S/C21H20FN3O4S2/c1-14(12-15-6-4-7-16(22)13-15)20(26)23-24-21(27)17-8-2-3-9-18(17)25-31(28,29)19-10-5-11-30-19/h2-11,13-14,25H,12H2,1H3,(H,23,26)(H,24,27). The van der Waals surface area contributed by atoms with E-state index in [1.165, 1.54) is 30.3 Å². The van der Waals surface area contributed by atoms with E-state index in [1.54, 1.807) is 42.6 Å². The summed E-state index contributed by atoms with van der Waals surface area (Å²) >= 11 is 1.05. The summed E-state index contributed by atoms with van der Waals surface area (Å²) in [5.41, 5.74) is 5.40. The van der Waals surface area contributed by atoms with E-state index in [4.69, 9.17) is 0 Å². The molecule has 0 saturated carbocycles. The maximum absolute atomic E-state index is 13.3. The molecule has 2 amide bonds. The van der Waals surface area contributed by atoms with Crippen molar-refractivity contribution in [3.63, 3.8) is 0 Å².